The van der Waals surface area contributed by atoms with Crippen LogP contribution >= 0.6 is 38.5 Å². The van der Waals surface area contributed by atoms with Crippen molar-refractivity contribution in [3.63, 3.8) is 0 Å². The second-order valence-corrected chi connectivity index (χ2v) is 5.90. The van der Waals surface area contributed by atoms with E-state index in [0.29, 0.717) is 21.3 Å². The van der Waals surface area contributed by atoms with E-state index in [1.807, 2.05) is 6.07 Å². The van der Waals surface area contributed by atoms with Crippen molar-refractivity contribution < 1.29 is 13.9 Å². The first kappa shape index (κ1) is 14.5. The topological polar surface area (TPSA) is 26.3 Å². The number of carbonyl (C=O) groups is 1. The van der Waals surface area contributed by atoms with Gasteiger partial charge in [-0.05, 0) is 74.9 Å². The van der Waals surface area contributed by atoms with Crippen LogP contribution in [0.5, 0.6) is 5.75 Å². The summed E-state index contributed by atoms with van der Waals surface area (Å²) in [7, 11) is 1.51. The molecule has 0 heterocycles. The quantitative estimate of drug-likeness (QED) is 0.527. The molecule has 0 aliphatic heterocycles. The van der Waals surface area contributed by atoms with Crippen molar-refractivity contribution in [2.24, 2.45) is 0 Å². The fourth-order valence-corrected chi connectivity index (χ4v) is 2.70. The monoisotopic (exact) mass is 434 g/mol. The molecule has 2 nitrogen and oxygen atoms in total. The molecule has 0 aliphatic rings. The van der Waals surface area contributed by atoms with Crippen LogP contribution in [0.25, 0.3) is 0 Å². The third-order valence-corrected chi connectivity index (χ3v) is 3.91. The van der Waals surface area contributed by atoms with Crippen LogP contribution in [0.1, 0.15) is 15.9 Å². The van der Waals surface area contributed by atoms with E-state index in [2.05, 4.69) is 38.5 Å². The van der Waals surface area contributed by atoms with Gasteiger partial charge in [-0.1, -0.05) is 0 Å². The molecule has 2 aromatic rings. The summed E-state index contributed by atoms with van der Waals surface area (Å²) in [6.45, 7) is 0. The molecule has 0 bridgehead atoms. The fraction of sp³-hybridized carbons (Fsp3) is 0.0714. The molecule has 0 saturated heterocycles. The summed E-state index contributed by atoms with van der Waals surface area (Å²) in [5.41, 5.74) is 0.864. The summed E-state index contributed by atoms with van der Waals surface area (Å²) >= 11 is 5.33. The van der Waals surface area contributed by atoms with E-state index in [4.69, 9.17) is 4.74 Å². The van der Waals surface area contributed by atoms with E-state index < -0.39 is 5.82 Å². The Balaban J connectivity index is 2.52. The number of benzene rings is 2. The van der Waals surface area contributed by atoms with Gasteiger partial charge < -0.3 is 4.74 Å². The first-order chi connectivity index (χ1) is 9.02. The van der Waals surface area contributed by atoms with Gasteiger partial charge in [0.25, 0.3) is 0 Å². The maximum absolute atomic E-state index is 13.1. The molecular weight excluding hydrogens is 426 g/mol. The third kappa shape index (κ3) is 3.14. The van der Waals surface area contributed by atoms with Gasteiger partial charge in [-0.3, -0.25) is 4.79 Å². The number of rotatable bonds is 3. The zero-order chi connectivity index (χ0) is 14.0. The van der Waals surface area contributed by atoms with Crippen molar-refractivity contribution in [2.45, 2.75) is 0 Å². The van der Waals surface area contributed by atoms with Crippen LogP contribution in [0.3, 0.4) is 0 Å². The van der Waals surface area contributed by atoms with Gasteiger partial charge in [0.05, 0.1) is 12.7 Å². The zero-order valence-corrected chi connectivity index (χ0v) is 13.7. The highest BCUT2D eigenvalue weighted by atomic mass is 127. The van der Waals surface area contributed by atoms with Crippen molar-refractivity contribution >= 4 is 44.3 Å². The lowest BCUT2D eigenvalue weighted by Gasteiger charge is -2.09. The average molecular weight is 435 g/mol. The molecule has 0 aromatic heterocycles. The van der Waals surface area contributed by atoms with Crippen LogP contribution in [-0.2, 0) is 0 Å². The third-order valence-electron chi connectivity index (χ3n) is 2.58. The number of ether oxygens (including phenoxy) is 1. The van der Waals surface area contributed by atoms with Gasteiger partial charge in [-0.25, -0.2) is 4.39 Å². The Morgan fingerprint density at radius 3 is 2.58 bits per heavy atom. The molecule has 0 radical (unpaired) electrons. The minimum Gasteiger partial charge on any atom is -0.496 e. The number of ketones is 1. The second kappa shape index (κ2) is 6.00. The Hall–Kier alpha value is -0.950. The van der Waals surface area contributed by atoms with Crippen molar-refractivity contribution in [3.8, 4) is 5.75 Å². The largest absolute Gasteiger partial charge is 0.496 e. The maximum Gasteiger partial charge on any atom is 0.197 e. The summed E-state index contributed by atoms with van der Waals surface area (Å²) in [6, 6.07) is 9.34. The number of carbonyl (C=O) groups excluding carboxylic acids is 1. The summed E-state index contributed by atoms with van der Waals surface area (Å²) in [5.74, 6) is -0.0954. The minimum absolute atomic E-state index is 0.206. The minimum atomic E-state index is -0.391. The molecule has 0 unspecified atom stereocenters. The van der Waals surface area contributed by atoms with E-state index in [0.717, 1.165) is 3.57 Å². The highest BCUT2D eigenvalue weighted by Gasteiger charge is 2.17. The zero-order valence-electron chi connectivity index (χ0n) is 9.91. The van der Waals surface area contributed by atoms with Crippen LogP contribution in [0.15, 0.2) is 40.9 Å². The van der Waals surface area contributed by atoms with Crippen LogP contribution in [0.4, 0.5) is 4.39 Å². The Bertz CT molecular complexity index is 643. The SMILES string of the molecule is COc1ccc(I)cc1C(=O)c1ccc(F)cc1Br. The lowest BCUT2D eigenvalue weighted by atomic mass is 10.0. The lowest BCUT2D eigenvalue weighted by molar-refractivity contribution is 0.103. The number of hydrogen-bond donors (Lipinski definition) is 0. The second-order valence-electron chi connectivity index (χ2n) is 3.80. The number of hydrogen-bond acceptors (Lipinski definition) is 2. The highest BCUT2D eigenvalue weighted by molar-refractivity contribution is 14.1. The number of halogens is 3. The molecule has 19 heavy (non-hydrogen) atoms. The maximum atomic E-state index is 13.1. The molecule has 0 saturated carbocycles. The van der Waals surface area contributed by atoms with Gasteiger partial charge in [-0.2, -0.15) is 0 Å². The average Bonchev–Trinajstić information content (AvgIpc) is 2.38. The molecule has 0 amide bonds. The van der Waals surface area contributed by atoms with Crippen molar-refractivity contribution in [1.82, 2.24) is 0 Å². The fourth-order valence-electron chi connectivity index (χ4n) is 1.68. The summed E-state index contributed by atoms with van der Waals surface area (Å²) in [4.78, 5) is 12.5. The van der Waals surface area contributed by atoms with Crippen LogP contribution in [0, 0.1) is 9.39 Å². The van der Waals surface area contributed by atoms with E-state index in [1.165, 1.54) is 25.3 Å². The molecule has 0 spiro atoms. The Labute approximate surface area is 132 Å². The van der Waals surface area contributed by atoms with Crippen LogP contribution in [0.2, 0.25) is 0 Å². The van der Waals surface area contributed by atoms with Gasteiger partial charge in [0, 0.05) is 13.6 Å². The van der Waals surface area contributed by atoms with E-state index in [1.54, 1.807) is 12.1 Å². The Morgan fingerprint density at radius 1 is 1.21 bits per heavy atom. The van der Waals surface area contributed by atoms with Gasteiger partial charge in [0.1, 0.15) is 11.6 Å². The summed E-state index contributed by atoms with van der Waals surface area (Å²) in [6.07, 6.45) is 0. The summed E-state index contributed by atoms with van der Waals surface area (Å²) < 4.78 is 19.6. The van der Waals surface area contributed by atoms with Crippen molar-refractivity contribution in [3.05, 3.63) is 61.4 Å². The summed E-state index contributed by atoms with van der Waals surface area (Å²) in [5, 5.41) is 0. The molecular formula is C14H9BrFIO2. The molecule has 5 heteroatoms. The predicted molar refractivity (Wildman–Crippen MR) is 83.2 cm³/mol. The number of methoxy groups -OCH3 is 1. The normalized spacial score (nSPS) is 10.3. The van der Waals surface area contributed by atoms with Crippen molar-refractivity contribution in [1.29, 1.82) is 0 Å². The highest BCUT2D eigenvalue weighted by Crippen LogP contribution is 2.27. The Kier molecular flexibility index (Phi) is 4.57. The molecule has 0 N–H and O–H groups in total. The van der Waals surface area contributed by atoms with Gasteiger partial charge in [0.15, 0.2) is 5.78 Å². The molecule has 98 valence electrons. The van der Waals surface area contributed by atoms with Crippen LogP contribution in [-0.4, -0.2) is 12.9 Å². The molecule has 0 fully saturated rings. The first-order valence-corrected chi connectivity index (χ1v) is 7.23. The Morgan fingerprint density at radius 2 is 1.95 bits per heavy atom. The van der Waals surface area contributed by atoms with E-state index in [-0.39, 0.29) is 5.78 Å². The van der Waals surface area contributed by atoms with E-state index >= 15 is 0 Å². The molecule has 0 atom stereocenters. The molecule has 2 rings (SSSR count). The van der Waals surface area contributed by atoms with Gasteiger partial charge in [0.2, 0.25) is 0 Å². The molecule has 2 aromatic carbocycles. The molecule has 0 aliphatic carbocycles. The van der Waals surface area contributed by atoms with Crippen molar-refractivity contribution in [2.75, 3.05) is 7.11 Å². The van der Waals surface area contributed by atoms with Gasteiger partial charge in [-0.15, -0.1) is 0 Å². The lowest BCUT2D eigenvalue weighted by Crippen LogP contribution is -2.05. The smallest absolute Gasteiger partial charge is 0.197 e. The van der Waals surface area contributed by atoms with Gasteiger partial charge >= 0.3 is 0 Å². The van der Waals surface area contributed by atoms with Crippen LogP contribution < -0.4 is 4.74 Å². The van der Waals surface area contributed by atoms with E-state index in [9.17, 15) is 9.18 Å². The standard InChI is InChI=1S/C14H9BrFIO2/c1-19-13-5-3-9(17)7-11(13)14(18)10-4-2-8(16)6-12(10)15/h2-7H,1H3. The first-order valence-electron chi connectivity index (χ1n) is 5.36. The predicted octanol–water partition coefficient (Wildman–Crippen LogP) is 4.43.